The molecule has 7 heteroatoms. The maximum atomic E-state index is 11.2. The van der Waals surface area contributed by atoms with Gasteiger partial charge in [-0.05, 0) is 18.4 Å². The molecule has 0 fully saturated rings. The highest BCUT2D eigenvalue weighted by Gasteiger charge is 2.14. The van der Waals surface area contributed by atoms with Crippen LogP contribution in [0.5, 0.6) is 0 Å². The summed E-state index contributed by atoms with van der Waals surface area (Å²) in [7, 11) is 1.59. The Bertz CT molecular complexity index is 606. The molecular weight excluding hydrogens is 256 g/mol. The second kappa shape index (κ2) is 3.70. The molecule has 0 spiro atoms. The van der Waals surface area contributed by atoms with Crippen molar-refractivity contribution in [2.24, 2.45) is 0 Å². The predicted octanol–water partition coefficient (Wildman–Crippen LogP) is 2.21. The molecule has 0 aliphatic carbocycles. The number of halogens is 1. The highest BCUT2D eigenvalue weighted by atomic mass is 35.7. The molecular formula is C8H7ClN2O2S2. The lowest BCUT2D eigenvalue weighted by Gasteiger charge is -2.01. The summed E-state index contributed by atoms with van der Waals surface area (Å²) in [5.74, 6) is 0. The van der Waals surface area contributed by atoms with Crippen molar-refractivity contribution in [3.8, 4) is 0 Å². The first-order chi connectivity index (χ1) is 7.02. The van der Waals surface area contributed by atoms with Gasteiger partial charge in [-0.2, -0.15) is 0 Å². The number of thioether (sulfide) groups is 1. The van der Waals surface area contributed by atoms with E-state index in [2.05, 4.69) is 9.97 Å². The average Bonchev–Trinajstić information content (AvgIpc) is 2.62. The highest BCUT2D eigenvalue weighted by molar-refractivity contribution is 8.13. The molecule has 1 N–H and O–H groups in total. The molecule has 0 aliphatic rings. The molecule has 0 amide bonds. The first-order valence-electron chi connectivity index (χ1n) is 3.98. The third-order valence-electron chi connectivity index (χ3n) is 1.96. The SMILES string of the molecule is CSc1cc(S(=O)(=O)Cl)cc2[nH]cnc12. The van der Waals surface area contributed by atoms with Crippen molar-refractivity contribution in [1.29, 1.82) is 0 Å². The zero-order valence-corrected chi connectivity index (χ0v) is 10.1. The molecule has 80 valence electrons. The Morgan fingerprint density at radius 3 is 2.80 bits per heavy atom. The lowest BCUT2D eigenvalue weighted by molar-refractivity contribution is 0.609. The van der Waals surface area contributed by atoms with E-state index >= 15 is 0 Å². The summed E-state index contributed by atoms with van der Waals surface area (Å²) in [5.41, 5.74) is 1.42. The van der Waals surface area contributed by atoms with E-state index in [0.29, 0.717) is 5.52 Å². The number of H-pyrrole nitrogens is 1. The Labute approximate surface area is 95.5 Å². The molecule has 0 bridgehead atoms. The molecule has 0 radical (unpaired) electrons. The quantitative estimate of drug-likeness (QED) is 0.666. The topological polar surface area (TPSA) is 62.8 Å². The van der Waals surface area contributed by atoms with Gasteiger partial charge in [0.05, 0.1) is 16.7 Å². The summed E-state index contributed by atoms with van der Waals surface area (Å²) in [4.78, 5) is 7.83. The van der Waals surface area contributed by atoms with Crippen LogP contribution in [0.3, 0.4) is 0 Å². The van der Waals surface area contributed by atoms with Crippen LogP contribution in [0.1, 0.15) is 0 Å². The monoisotopic (exact) mass is 262 g/mol. The molecule has 0 aliphatic heterocycles. The summed E-state index contributed by atoms with van der Waals surface area (Å²) >= 11 is 1.43. The van der Waals surface area contributed by atoms with E-state index in [4.69, 9.17) is 10.7 Å². The number of fused-ring (bicyclic) bond motifs is 1. The van der Waals surface area contributed by atoms with E-state index in [1.54, 1.807) is 0 Å². The van der Waals surface area contributed by atoms with Crippen molar-refractivity contribution in [3.63, 3.8) is 0 Å². The molecule has 1 aromatic carbocycles. The van der Waals surface area contributed by atoms with Crippen molar-refractivity contribution in [2.45, 2.75) is 9.79 Å². The van der Waals surface area contributed by atoms with Gasteiger partial charge in [0.1, 0.15) is 5.52 Å². The molecule has 4 nitrogen and oxygen atoms in total. The molecule has 2 aromatic rings. The molecule has 2 rings (SSSR count). The summed E-state index contributed by atoms with van der Waals surface area (Å²) in [6.45, 7) is 0. The number of imidazole rings is 1. The van der Waals surface area contributed by atoms with Crippen LogP contribution >= 0.6 is 22.4 Å². The fraction of sp³-hybridized carbons (Fsp3) is 0.125. The molecule has 15 heavy (non-hydrogen) atoms. The largest absolute Gasteiger partial charge is 0.345 e. The summed E-state index contributed by atoms with van der Waals surface area (Å²) < 4.78 is 22.4. The highest BCUT2D eigenvalue weighted by Crippen LogP contribution is 2.28. The minimum Gasteiger partial charge on any atom is -0.345 e. The normalized spacial score (nSPS) is 12.1. The van der Waals surface area contributed by atoms with Gasteiger partial charge in [-0.15, -0.1) is 11.8 Å². The Hall–Kier alpha value is -0.720. The van der Waals surface area contributed by atoms with Crippen molar-refractivity contribution in [2.75, 3.05) is 6.26 Å². The van der Waals surface area contributed by atoms with Crippen LogP contribution in [0.4, 0.5) is 0 Å². The standard InChI is InChI=1S/C8H7ClN2O2S2/c1-14-7-3-5(15(9,12)13)2-6-8(7)11-4-10-6/h2-4H,1H3,(H,10,11). The molecule has 0 atom stereocenters. The molecule has 0 saturated carbocycles. The summed E-state index contributed by atoms with van der Waals surface area (Å²) in [6.07, 6.45) is 3.38. The van der Waals surface area contributed by atoms with Gasteiger partial charge in [-0.1, -0.05) is 0 Å². The zero-order chi connectivity index (χ0) is 11.1. The third-order valence-corrected chi connectivity index (χ3v) is 4.05. The van der Waals surface area contributed by atoms with Gasteiger partial charge in [-0.3, -0.25) is 0 Å². The van der Waals surface area contributed by atoms with Crippen molar-refractivity contribution < 1.29 is 8.42 Å². The molecule has 0 saturated heterocycles. The van der Waals surface area contributed by atoms with Crippen LogP contribution in [0, 0.1) is 0 Å². The Kier molecular flexibility index (Phi) is 2.66. The van der Waals surface area contributed by atoms with Crippen molar-refractivity contribution >= 4 is 42.5 Å². The minimum atomic E-state index is -3.69. The third kappa shape index (κ3) is 1.97. The number of rotatable bonds is 2. The number of aromatic nitrogens is 2. The van der Waals surface area contributed by atoms with Crippen LogP contribution in [0.25, 0.3) is 11.0 Å². The number of hydrogen-bond acceptors (Lipinski definition) is 4. The van der Waals surface area contributed by atoms with Crippen LogP contribution < -0.4 is 0 Å². The second-order valence-corrected chi connectivity index (χ2v) is 6.28. The smallest absolute Gasteiger partial charge is 0.261 e. The second-order valence-electron chi connectivity index (χ2n) is 2.86. The van der Waals surface area contributed by atoms with E-state index in [1.807, 2.05) is 6.26 Å². The Morgan fingerprint density at radius 1 is 1.47 bits per heavy atom. The molecule has 0 unspecified atom stereocenters. The maximum absolute atomic E-state index is 11.2. The lowest BCUT2D eigenvalue weighted by Crippen LogP contribution is -1.91. The van der Waals surface area contributed by atoms with Crippen LogP contribution in [0.15, 0.2) is 28.3 Å². The first kappa shape index (κ1) is 10.8. The van der Waals surface area contributed by atoms with Gasteiger partial charge in [0.15, 0.2) is 0 Å². The van der Waals surface area contributed by atoms with Gasteiger partial charge in [0.25, 0.3) is 9.05 Å². The van der Waals surface area contributed by atoms with Crippen molar-refractivity contribution in [1.82, 2.24) is 9.97 Å². The van der Waals surface area contributed by atoms with Crippen LogP contribution in [-0.4, -0.2) is 24.6 Å². The van der Waals surface area contributed by atoms with Crippen molar-refractivity contribution in [3.05, 3.63) is 18.5 Å². The predicted molar refractivity (Wildman–Crippen MR) is 60.9 cm³/mol. The van der Waals surface area contributed by atoms with E-state index in [1.165, 1.54) is 30.2 Å². The number of aromatic amines is 1. The van der Waals surface area contributed by atoms with Gasteiger partial charge in [-0.25, -0.2) is 13.4 Å². The van der Waals surface area contributed by atoms with E-state index in [9.17, 15) is 8.42 Å². The Morgan fingerprint density at radius 2 is 2.20 bits per heavy atom. The number of hydrogen-bond donors (Lipinski definition) is 1. The first-order valence-corrected chi connectivity index (χ1v) is 7.51. The lowest BCUT2D eigenvalue weighted by atomic mass is 10.3. The number of nitrogens with one attached hydrogen (secondary N) is 1. The van der Waals surface area contributed by atoms with Gasteiger partial charge in [0.2, 0.25) is 0 Å². The fourth-order valence-electron chi connectivity index (χ4n) is 1.29. The van der Waals surface area contributed by atoms with Gasteiger partial charge < -0.3 is 4.98 Å². The Balaban J connectivity index is 2.80. The van der Waals surface area contributed by atoms with Crippen LogP contribution in [0.2, 0.25) is 0 Å². The summed E-state index contributed by atoms with van der Waals surface area (Å²) in [5, 5.41) is 0. The maximum Gasteiger partial charge on any atom is 0.261 e. The molecule has 1 aromatic heterocycles. The van der Waals surface area contributed by atoms with Gasteiger partial charge >= 0.3 is 0 Å². The van der Waals surface area contributed by atoms with E-state index in [0.717, 1.165) is 10.4 Å². The number of nitrogens with zero attached hydrogens (tertiary/aromatic N) is 1. The summed E-state index contributed by atoms with van der Waals surface area (Å²) in [6, 6.07) is 3.00. The number of benzene rings is 1. The minimum absolute atomic E-state index is 0.0882. The average molecular weight is 263 g/mol. The van der Waals surface area contributed by atoms with Crippen LogP contribution in [-0.2, 0) is 9.05 Å². The fourth-order valence-corrected chi connectivity index (χ4v) is 2.75. The molecule has 1 heterocycles. The van der Waals surface area contributed by atoms with Gasteiger partial charge in [0, 0.05) is 15.6 Å². The van der Waals surface area contributed by atoms with E-state index in [-0.39, 0.29) is 4.90 Å². The zero-order valence-electron chi connectivity index (χ0n) is 7.69. The van der Waals surface area contributed by atoms with E-state index < -0.39 is 9.05 Å².